The Bertz CT molecular complexity index is 391. The summed E-state index contributed by atoms with van der Waals surface area (Å²) >= 11 is 5.91. The Balaban J connectivity index is 1.88. The Hall–Kier alpha value is -0.930. The van der Waals surface area contributed by atoms with Crippen LogP contribution in [-0.4, -0.2) is 26.8 Å². The molecule has 0 amide bonds. The molecule has 0 aromatic heterocycles. The molecular formula is C14H21ClN2O. The first kappa shape index (κ1) is 13.5. The zero-order chi connectivity index (χ0) is 13.0. The number of anilines is 2. The third-order valence-corrected chi connectivity index (χ3v) is 3.85. The third-order valence-electron chi connectivity index (χ3n) is 3.61. The predicted molar refractivity (Wildman–Crippen MR) is 77.3 cm³/mol. The molecule has 0 atom stereocenters. The van der Waals surface area contributed by atoms with Crippen molar-refractivity contribution < 1.29 is 4.74 Å². The second kappa shape index (κ2) is 6.30. The Morgan fingerprint density at radius 3 is 2.78 bits per heavy atom. The van der Waals surface area contributed by atoms with E-state index in [1.54, 1.807) is 0 Å². The second-order valence-electron chi connectivity index (χ2n) is 4.97. The van der Waals surface area contributed by atoms with Crippen LogP contribution in [-0.2, 0) is 4.74 Å². The van der Waals surface area contributed by atoms with E-state index in [0.717, 1.165) is 37.1 Å². The molecule has 1 aromatic carbocycles. The number of nitrogens with zero attached hydrogens (tertiary/aromatic N) is 1. The van der Waals surface area contributed by atoms with Gasteiger partial charge in [-0.1, -0.05) is 11.6 Å². The van der Waals surface area contributed by atoms with Crippen molar-refractivity contribution in [2.75, 3.05) is 37.4 Å². The number of nitrogen functional groups attached to an aromatic ring is 1. The van der Waals surface area contributed by atoms with Crippen molar-refractivity contribution in [3.05, 3.63) is 23.2 Å². The summed E-state index contributed by atoms with van der Waals surface area (Å²) in [6.45, 7) is 2.85. The largest absolute Gasteiger partial charge is 0.397 e. The molecule has 3 nitrogen and oxygen atoms in total. The highest BCUT2D eigenvalue weighted by Gasteiger charge is 2.15. The number of benzene rings is 1. The van der Waals surface area contributed by atoms with Crippen LogP contribution in [0.25, 0.3) is 0 Å². The quantitative estimate of drug-likeness (QED) is 0.853. The van der Waals surface area contributed by atoms with Gasteiger partial charge in [-0.05, 0) is 43.4 Å². The standard InChI is InChI=1S/C14H21ClN2O/c1-17(7-4-11-5-8-18-9-6-11)14-3-2-12(15)10-13(14)16/h2-3,10-11H,4-9,16H2,1H3. The first-order valence-corrected chi connectivity index (χ1v) is 6.88. The lowest BCUT2D eigenvalue weighted by Gasteiger charge is -2.26. The summed E-state index contributed by atoms with van der Waals surface area (Å²) in [7, 11) is 2.08. The van der Waals surface area contributed by atoms with Gasteiger partial charge in [0.05, 0.1) is 11.4 Å². The molecule has 1 saturated heterocycles. The topological polar surface area (TPSA) is 38.5 Å². The van der Waals surface area contributed by atoms with Crippen LogP contribution in [0.3, 0.4) is 0 Å². The number of hydrogen-bond acceptors (Lipinski definition) is 3. The number of nitrogens with two attached hydrogens (primary N) is 1. The lowest BCUT2D eigenvalue weighted by molar-refractivity contribution is 0.0645. The van der Waals surface area contributed by atoms with Crippen LogP contribution in [0, 0.1) is 5.92 Å². The van der Waals surface area contributed by atoms with E-state index in [1.165, 1.54) is 19.3 Å². The minimum Gasteiger partial charge on any atom is -0.397 e. The molecule has 2 N–H and O–H groups in total. The Morgan fingerprint density at radius 2 is 2.11 bits per heavy atom. The SMILES string of the molecule is CN(CCC1CCOCC1)c1ccc(Cl)cc1N. The van der Waals surface area contributed by atoms with Crippen LogP contribution in [0.15, 0.2) is 18.2 Å². The van der Waals surface area contributed by atoms with Crippen molar-refractivity contribution in [2.24, 2.45) is 5.92 Å². The van der Waals surface area contributed by atoms with Crippen LogP contribution in [0.5, 0.6) is 0 Å². The summed E-state index contributed by atoms with van der Waals surface area (Å²) in [5.41, 5.74) is 7.79. The second-order valence-corrected chi connectivity index (χ2v) is 5.41. The summed E-state index contributed by atoms with van der Waals surface area (Å²) < 4.78 is 5.38. The van der Waals surface area contributed by atoms with Gasteiger partial charge in [-0.25, -0.2) is 0 Å². The van der Waals surface area contributed by atoms with Gasteiger partial charge in [0.1, 0.15) is 0 Å². The molecule has 0 unspecified atom stereocenters. The fraction of sp³-hybridized carbons (Fsp3) is 0.571. The number of halogens is 1. The van der Waals surface area contributed by atoms with Gasteiger partial charge in [0.15, 0.2) is 0 Å². The molecule has 18 heavy (non-hydrogen) atoms. The smallest absolute Gasteiger partial charge is 0.0598 e. The maximum atomic E-state index is 5.98. The molecule has 1 aromatic rings. The van der Waals surface area contributed by atoms with E-state index in [9.17, 15) is 0 Å². The molecule has 0 bridgehead atoms. The van der Waals surface area contributed by atoms with Crippen LogP contribution in [0.1, 0.15) is 19.3 Å². The highest BCUT2D eigenvalue weighted by atomic mass is 35.5. The van der Waals surface area contributed by atoms with E-state index < -0.39 is 0 Å². The molecule has 1 aliphatic heterocycles. The van der Waals surface area contributed by atoms with E-state index in [4.69, 9.17) is 22.1 Å². The Labute approximate surface area is 114 Å². The molecule has 0 saturated carbocycles. The molecule has 1 heterocycles. The van der Waals surface area contributed by atoms with Crippen LogP contribution in [0.2, 0.25) is 5.02 Å². The highest BCUT2D eigenvalue weighted by molar-refractivity contribution is 6.31. The Morgan fingerprint density at radius 1 is 1.39 bits per heavy atom. The average Bonchev–Trinajstić information content (AvgIpc) is 2.37. The van der Waals surface area contributed by atoms with E-state index in [-0.39, 0.29) is 0 Å². The predicted octanol–water partition coefficient (Wildman–Crippen LogP) is 3.18. The first-order chi connectivity index (χ1) is 8.66. The highest BCUT2D eigenvalue weighted by Crippen LogP contribution is 2.27. The van der Waals surface area contributed by atoms with Crippen molar-refractivity contribution in [2.45, 2.75) is 19.3 Å². The molecule has 2 rings (SSSR count). The van der Waals surface area contributed by atoms with Crippen molar-refractivity contribution in [1.82, 2.24) is 0 Å². The molecule has 4 heteroatoms. The third kappa shape index (κ3) is 3.53. The number of hydrogen-bond donors (Lipinski definition) is 1. The van der Waals surface area contributed by atoms with Gasteiger partial charge in [0, 0.05) is 31.8 Å². The molecule has 0 aliphatic carbocycles. The number of ether oxygens (including phenoxy) is 1. The van der Waals surface area contributed by atoms with Gasteiger partial charge in [-0.15, -0.1) is 0 Å². The summed E-state index contributed by atoms with van der Waals surface area (Å²) in [4.78, 5) is 2.21. The molecule has 0 spiro atoms. The van der Waals surface area contributed by atoms with Crippen molar-refractivity contribution >= 4 is 23.0 Å². The molecule has 0 radical (unpaired) electrons. The van der Waals surface area contributed by atoms with Crippen molar-refractivity contribution in [1.29, 1.82) is 0 Å². The lowest BCUT2D eigenvalue weighted by atomic mass is 9.96. The summed E-state index contributed by atoms with van der Waals surface area (Å²) in [6, 6.07) is 5.68. The molecule has 100 valence electrons. The maximum absolute atomic E-state index is 5.98. The van der Waals surface area contributed by atoms with E-state index in [0.29, 0.717) is 5.02 Å². The fourth-order valence-electron chi connectivity index (χ4n) is 2.40. The molecule has 1 fully saturated rings. The van der Waals surface area contributed by atoms with Gasteiger partial charge in [-0.2, -0.15) is 0 Å². The average molecular weight is 269 g/mol. The van der Waals surface area contributed by atoms with Gasteiger partial charge in [0.25, 0.3) is 0 Å². The van der Waals surface area contributed by atoms with Crippen LogP contribution >= 0.6 is 11.6 Å². The van der Waals surface area contributed by atoms with Crippen molar-refractivity contribution in [3.63, 3.8) is 0 Å². The minimum absolute atomic E-state index is 0.689. The zero-order valence-corrected chi connectivity index (χ0v) is 11.6. The molecular weight excluding hydrogens is 248 g/mol. The van der Waals surface area contributed by atoms with Gasteiger partial charge >= 0.3 is 0 Å². The van der Waals surface area contributed by atoms with Gasteiger partial charge in [-0.3, -0.25) is 0 Å². The monoisotopic (exact) mass is 268 g/mol. The summed E-state index contributed by atoms with van der Waals surface area (Å²) in [5.74, 6) is 0.787. The summed E-state index contributed by atoms with van der Waals surface area (Å²) in [6.07, 6.45) is 3.57. The van der Waals surface area contributed by atoms with E-state index >= 15 is 0 Å². The molecule has 1 aliphatic rings. The van der Waals surface area contributed by atoms with E-state index in [1.807, 2.05) is 18.2 Å². The van der Waals surface area contributed by atoms with E-state index in [2.05, 4.69) is 11.9 Å². The minimum atomic E-state index is 0.689. The fourth-order valence-corrected chi connectivity index (χ4v) is 2.59. The Kier molecular flexibility index (Phi) is 4.72. The number of rotatable bonds is 4. The van der Waals surface area contributed by atoms with Gasteiger partial charge < -0.3 is 15.4 Å². The first-order valence-electron chi connectivity index (χ1n) is 6.50. The lowest BCUT2D eigenvalue weighted by Crippen LogP contribution is -2.24. The van der Waals surface area contributed by atoms with Crippen LogP contribution in [0.4, 0.5) is 11.4 Å². The van der Waals surface area contributed by atoms with Crippen molar-refractivity contribution in [3.8, 4) is 0 Å². The van der Waals surface area contributed by atoms with Crippen LogP contribution < -0.4 is 10.6 Å². The zero-order valence-electron chi connectivity index (χ0n) is 10.9. The maximum Gasteiger partial charge on any atom is 0.0598 e. The summed E-state index contributed by atoms with van der Waals surface area (Å²) in [5, 5.41) is 0.689. The normalized spacial score (nSPS) is 16.8. The van der Waals surface area contributed by atoms with Gasteiger partial charge in [0.2, 0.25) is 0 Å².